The zero-order valence-electron chi connectivity index (χ0n) is 11.3. The van der Waals surface area contributed by atoms with Crippen molar-refractivity contribution in [3.8, 4) is 0 Å². The van der Waals surface area contributed by atoms with E-state index in [1.54, 1.807) is 4.90 Å². The Labute approximate surface area is 113 Å². The molecule has 0 radical (unpaired) electrons. The fourth-order valence-corrected chi connectivity index (χ4v) is 2.70. The van der Waals surface area contributed by atoms with Crippen LogP contribution in [-0.2, 0) is 4.79 Å². The number of anilines is 1. The van der Waals surface area contributed by atoms with Crippen LogP contribution >= 0.6 is 0 Å². The molecule has 1 aliphatic rings. The number of aliphatic hydroxyl groups is 1. The van der Waals surface area contributed by atoms with Crippen molar-refractivity contribution < 1.29 is 15.0 Å². The van der Waals surface area contributed by atoms with Gasteiger partial charge < -0.3 is 15.1 Å². The maximum Gasteiger partial charge on any atom is 0.323 e. The molecule has 19 heavy (non-hydrogen) atoms. The molecular formula is C15H21NO3. The number of carbonyl (C=O) groups is 1. The lowest BCUT2D eigenvalue weighted by molar-refractivity contribution is -0.135. The molecule has 0 unspecified atom stereocenters. The second-order valence-electron chi connectivity index (χ2n) is 5.52. The minimum absolute atomic E-state index is 0.0780. The van der Waals surface area contributed by atoms with Gasteiger partial charge in [0.1, 0.15) is 6.54 Å². The fraction of sp³-hybridized carbons (Fsp3) is 0.533. The van der Waals surface area contributed by atoms with E-state index in [1.165, 1.54) is 0 Å². The van der Waals surface area contributed by atoms with E-state index in [0.717, 1.165) is 36.9 Å². The van der Waals surface area contributed by atoms with Crippen LogP contribution in [0.25, 0.3) is 0 Å². The van der Waals surface area contributed by atoms with E-state index in [1.807, 2.05) is 31.2 Å². The standard InChI is InChI=1S/C15H21NO3/c1-12-4-6-13(7-5-12)16(10-14(17)18)11-15(19)8-2-3-9-15/h4-7,19H,2-3,8-11H2,1H3,(H,17,18). The summed E-state index contributed by atoms with van der Waals surface area (Å²) in [6.45, 7) is 2.31. The molecule has 1 fully saturated rings. The van der Waals surface area contributed by atoms with Gasteiger partial charge in [0.25, 0.3) is 0 Å². The molecule has 0 bridgehead atoms. The van der Waals surface area contributed by atoms with Crippen LogP contribution in [0.15, 0.2) is 24.3 Å². The van der Waals surface area contributed by atoms with E-state index < -0.39 is 11.6 Å². The number of carboxylic acid groups (broad SMARTS) is 1. The quantitative estimate of drug-likeness (QED) is 0.855. The van der Waals surface area contributed by atoms with E-state index in [4.69, 9.17) is 5.11 Å². The van der Waals surface area contributed by atoms with Crippen LogP contribution in [-0.4, -0.2) is 34.9 Å². The molecule has 0 saturated heterocycles. The minimum Gasteiger partial charge on any atom is -0.480 e. The Morgan fingerprint density at radius 3 is 2.37 bits per heavy atom. The van der Waals surface area contributed by atoms with Crippen LogP contribution in [0.3, 0.4) is 0 Å². The zero-order chi connectivity index (χ0) is 13.9. The molecule has 4 heteroatoms. The normalized spacial score (nSPS) is 17.4. The predicted molar refractivity (Wildman–Crippen MR) is 74.4 cm³/mol. The number of hydrogen-bond donors (Lipinski definition) is 2. The Balaban J connectivity index is 2.15. The van der Waals surface area contributed by atoms with E-state index in [9.17, 15) is 9.90 Å². The average Bonchev–Trinajstić information content (AvgIpc) is 2.75. The van der Waals surface area contributed by atoms with Gasteiger partial charge in [0.15, 0.2) is 0 Å². The van der Waals surface area contributed by atoms with Crippen molar-refractivity contribution >= 4 is 11.7 Å². The van der Waals surface area contributed by atoms with Gasteiger partial charge in [-0.05, 0) is 31.9 Å². The van der Waals surface area contributed by atoms with Crippen LogP contribution in [0.5, 0.6) is 0 Å². The molecule has 2 rings (SSSR count). The van der Waals surface area contributed by atoms with Crippen molar-refractivity contribution in [3.63, 3.8) is 0 Å². The first kappa shape index (κ1) is 13.9. The molecule has 0 heterocycles. The third-order valence-electron chi connectivity index (χ3n) is 3.74. The lowest BCUT2D eigenvalue weighted by Crippen LogP contribution is -2.43. The summed E-state index contributed by atoms with van der Waals surface area (Å²) < 4.78 is 0. The van der Waals surface area contributed by atoms with Crippen LogP contribution < -0.4 is 4.90 Å². The van der Waals surface area contributed by atoms with Crippen LogP contribution in [0.4, 0.5) is 5.69 Å². The first-order valence-corrected chi connectivity index (χ1v) is 6.74. The summed E-state index contributed by atoms with van der Waals surface area (Å²) in [4.78, 5) is 12.8. The van der Waals surface area contributed by atoms with Gasteiger partial charge in [-0.1, -0.05) is 30.5 Å². The molecule has 1 saturated carbocycles. The van der Waals surface area contributed by atoms with E-state index >= 15 is 0 Å². The van der Waals surface area contributed by atoms with Crippen LogP contribution in [0.1, 0.15) is 31.2 Å². The second-order valence-corrected chi connectivity index (χ2v) is 5.52. The molecule has 1 aliphatic carbocycles. The number of aryl methyl sites for hydroxylation is 1. The number of hydrogen-bond acceptors (Lipinski definition) is 3. The second kappa shape index (κ2) is 5.61. The summed E-state index contributed by atoms with van der Waals surface area (Å²) in [5, 5.41) is 19.5. The zero-order valence-corrected chi connectivity index (χ0v) is 11.3. The highest BCUT2D eigenvalue weighted by molar-refractivity contribution is 5.73. The molecule has 0 aliphatic heterocycles. The highest BCUT2D eigenvalue weighted by Gasteiger charge is 2.33. The molecule has 4 nitrogen and oxygen atoms in total. The predicted octanol–water partition coefficient (Wildman–Crippen LogP) is 2.19. The van der Waals surface area contributed by atoms with Gasteiger partial charge in [-0.2, -0.15) is 0 Å². The number of carboxylic acids is 1. The summed E-state index contributed by atoms with van der Waals surface area (Å²) in [7, 11) is 0. The molecule has 0 amide bonds. The van der Waals surface area contributed by atoms with Crippen molar-refractivity contribution in [1.29, 1.82) is 0 Å². The molecule has 104 valence electrons. The van der Waals surface area contributed by atoms with Gasteiger partial charge >= 0.3 is 5.97 Å². The number of benzene rings is 1. The van der Waals surface area contributed by atoms with Gasteiger partial charge in [0.2, 0.25) is 0 Å². The number of nitrogens with zero attached hydrogens (tertiary/aromatic N) is 1. The Morgan fingerprint density at radius 2 is 1.84 bits per heavy atom. The van der Waals surface area contributed by atoms with Crippen LogP contribution in [0.2, 0.25) is 0 Å². The highest BCUT2D eigenvalue weighted by atomic mass is 16.4. The minimum atomic E-state index is -0.873. The largest absolute Gasteiger partial charge is 0.480 e. The van der Waals surface area contributed by atoms with E-state index in [-0.39, 0.29) is 6.54 Å². The molecule has 1 aromatic carbocycles. The molecule has 0 atom stereocenters. The van der Waals surface area contributed by atoms with E-state index in [0.29, 0.717) is 6.54 Å². The summed E-state index contributed by atoms with van der Waals surface area (Å²) in [6, 6.07) is 7.75. The Hall–Kier alpha value is -1.55. The van der Waals surface area contributed by atoms with Gasteiger partial charge in [-0.25, -0.2) is 0 Å². The summed E-state index contributed by atoms with van der Waals surface area (Å²) in [5.41, 5.74) is 1.26. The molecule has 1 aromatic rings. The van der Waals surface area contributed by atoms with Crippen molar-refractivity contribution in [2.45, 2.75) is 38.2 Å². The maximum atomic E-state index is 11.0. The lowest BCUT2D eigenvalue weighted by atomic mass is 10.0. The molecule has 2 N–H and O–H groups in total. The van der Waals surface area contributed by atoms with Gasteiger partial charge in [-0.3, -0.25) is 4.79 Å². The Morgan fingerprint density at radius 1 is 1.26 bits per heavy atom. The smallest absolute Gasteiger partial charge is 0.323 e. The Bertz CT molecular complexity index is 435. The average molecular weight is 263 g/mol. The highest BCUT2D eigenvalue weighted by Crippen LogP contribution is 2.31. The maximum absolute atomic E-state index is 11.0. The first-order chi connectivity index (χ1) is 8.98. The molecular weight excluding hydrogens is 242 g/mol. The van der Waals surface area contributed by atoms with Crippen molar-refractivity contribution in [2.24, 2.45) is 0 Å². The fourth-order valence-electron chi connectivity index (χ4n) is 2.70. The Kier molecular flexibility index (Phi) is 4.10. The van der Waals surface area contributed by atoms with Crippen molar-refractivity contribution in [3.05, 3.63) is 29.8 Å². The molecule has 0 aromatic heterocycles. The van der Waals surface area contributed by atoms with Gasteiger partial charge in [-0.15, -0.1) is 0 Å². The van der Waals surface area contributed by atoms with Gasteiger partial charge in [0.05, 0.1) is 5.60 Å². The van der Waals surface area contributed by atoms with Gasteiger partial charge in [0, 0.05) is 12.2 Å². The van der Waals surface area contributed by atoms with Crippen molar-refractivity contribution in [1.82, 2.24) is 0 Å². The lowest BCUT2D eigenvalue weighted by Gasteiger charge is -2.32. The SMILES string of the molecule is Cc1ccc(N(CC(=O)O)CC2(O)CCCC2)cc1. The number of rotatable bonds is 5. The van der Waals surface area contributed by atoms with E-state index in [2.05, 4.69) is 0 Å². The van der Waals surface area contributed by atoms with Crippen molar-refractivity contribution in [2.75, 3.05) is 18.0 Å². The molecule has 0 spiro atoms. The number of aliphatic carboxylic acids is 1. The monoisotopic (exact) mass is 263 g/mol. The third-order valence-corrected chi connectivity index (χ3v) is 3.74. The summed E-state index contributed by atoms with van der Waals surface area (Å²) in [5.74, 6) is -0.873. The third kappa shape index (κ3) is 3.70. The topological polar surface area (TPSA) is 60.8 Å². The summed E-state index contributed by atoms with van der Waals surface area (Å²) >= 11 is 0. The van der Waals surface area contributed by atoms with Crippen LogP contribution in [0, 0.1) is 6.92 Å². The summed E-state index contributed by atoms with van der Waals surface area (Å²) in [6.07, 6.45) is 3.56. The first-order valence-electron chi connectivity index (χ1n) is 6.74.